The molecule has 3 heterocycles. The summed E-state index contributed by atoms with van der Waals surface area (Å²) in [5.41, 5.74) is 5.78. The maximum atomic E-state index is 12.0. The maximum Gasteiger partial charge on any atom is 0.253 e. The van der Waals surface area contributed by atoms with Crippen LogP contribution in [0.4, 0.5) is 5.69 Å². The van der Waals surface area contributed by atoms with E-state index in [1.807, 2.05) is 36.4 Å². The molecule has 1 aromatic carbocycles. The number of carbonyl (C=O) groups excluding carboxylic acids is 2. The van der Waals surface area contributed by atoms with Gasteiger partial charge in [0.05, 0.1) is 11.3 Å². The van der Waals surface area contributed by atoms with Crippen LogP contribution >= 0.6 is 11.6 Å². The summed E-state index contributed by atoms with van der Waals surface area (Å²) in [6.45, 7) is 0.647. The van der Waals surface area contributed by atoms with E-state index in [2.05, 4.69) is 20.6 Å². The van der Waals surface area contributed by atoms with Gasteiger partial charge in [0.15, 0.2) is 0 Å². The third kappa shape index (κ3) is 3.57. The number of carbonyl (C=O) groups is 2. The topological polar surface area (TPSA) is 86.9 Å². The van der Waals surface area contributed by atoms with Crippen LogP contribution in [0.5, 0.6) is 0 Å². The van der Waals surface area contributed by atoms with Gasteiger partial charge in [-0.2, -0.15) is 0 Å². The van der Waals surface area contributed by atoms with Gasteiger partial charge < -0.3 is 15.6 Å². The molecule has 2 aromatic heterocycles. The van der Waals surface area contributed by atoms with Crippen LogP contribution in [0.3, 0.4) is 0 Å². The summed E-state index contributed by atoms with van der Waals surface area (Å²) < 4.78 is 0. The minimum absolute atomic E-state index is 0.0456. The number of aromatic nitrogens is 2. The third-order valence-electron chi connectivity index (χ3n) is 4.44. The summed E-state index contributed by atoms with van der Waals surface area (Å²) >= 11 is 5.54. The molecule has 0 spiro atoms. The fraction of sp³-hybridized carbons (Fsp3) is 0.150. The Hall–Kier alpha value is -3.12. The summed E-state index contributed by atoms with van der Waals surface area (Å²) in [5.74, 6) is -0.398. The molecule has 0 atom stereocenters. The predicted molar refractivity (Wildman–Crippen MR) is 105 cm³/mol. The normalized spacial score (nSPS) is 13.0. The molecule has 6 nitrogen and oxygen atoms in total. The second-order valence-electron chi connectivity index (χ2n) is 6.27. The predicted octanol–water partition coefficient (Wildman–Crippen LogP) is 3.21. The van der Waals surface area contributed by atoms with Gasteiger partial charge in [0.25, 0.3) is 5.91 Å². The van der Waals surface area contributed by atoms with E-state index in [0.29, 0.717) is 17.8 Å². The van der Waals surface area contributed by atoms with Crippen molar-refractivity contribution in [1.82, 2.24) is 15.3 Å². The highest BCUT2D eigenvalue weighted by atomic mass is 35.5. The number of hydrogen-bond acceptors (Lipinski definition) is 3. The Labute approximate surface area is 161 Å². The average Bonchev–Trinajstić information content (AvgIpc) is 3.14. The van der Waals surface area contributed by atoms with E-state index in [1.165, 1.54) is 0 Å². The quantitative estimate of drug-likeness (QED) is 0.607. The number of pyridine rings is 1. The van der Waals surface area contributed by atoms with Crippen LogP contribution in [-0.2, 0) is 11.2 Å². The molecule has 0 radical (unpaired) electrons. The number of alkyl halides is 1. The second-order valence-corrected chi connectivity index (χ2v) is 6.54. The molecule has 0 aliphatic carbocycles. The lowest BCUT2D eigenvalue weighted by Gasteiger charge is -2.11. The van der Waals surface area contributed by atoms with E-state index in [-0.39, 0.29) is 17.7 Å². The third-order valence-corrected chi connectivity index (χ3v) is 4.68. The van der Waals surface area contributed by atoms with Crippen LogP contribution in [0.15, 0.2) is 48.7 Å². The first-order valence-electron chi connectivity index (χ1n) is 8.57. The van der Waals surface area contributed by atoms with Crippen molar-refractivity contribution in [2.45, 2.75) is 6.42 Å². The Bertz CT molecular complexity index is 1030. The molecular formula is C20H17ClN4O2. The number of aromatic amines is 1. The molecule has 2 amide bonds. The number of amides is 2. The Kier molecular flexibility index (Phi) is 4.64. The Balaban J connectivity index is 1.66. The van der Waals surface area contributed by atoms with Gasteiger partial charge >= 0.3 is 0 Å². The van der Waals surface area contributed by atoms with Gasteiger partial charge in [-0.15, -0.1) is 11.6 Å². The van der Waals surface area contributed by atoms with Crippen LogP contribution < -0.4 is 10.6 Å². The highest BCUT2D eigenvalue weighted by Crippen LogP contribution is 2.28. The van der Waals surface area contributed by atoms with Gasteiger partial charge in [0.2, 0.25) is 5.91 Å². The Morgan fingerprint density at radius 3 is 2.89 bits per heavy atom. The van der Waals surface area contributed by atoms with Crippen LogP contribution in [0.25, 0.3) is 22.5 Å². The number of H-pyrrole nitrogens is 1. The van der Waals surface area contributed by atoms with Crippen molar-refractivity contribution >= 4 is 29.1 Å². The zero-order valence-electron chi connectivity index (χ0n) is 14.4. The molecular weight excluding hydrogens is 364 g/mol. The van der Waals surface area contributed by atoms with Gasteiger partial charge in [0.1, 0.15) is 5.88 Å². The largest absolute Gasteiger partial charge is 0.358 e. The van der Waals surface area contributed by atoms with Gasteiger partial charge in [-0.1, -0.05) is 12.1 Å². The number of nitrogens with zero attached hydrogens (tertiary/aromatic N) is 1. The monoisotopic (exact) mass is 380 g/mol. The first-order valence-corrected chi connectivity index (χ1v) is 9.10. The minimum Gasteiger partial charge on any atom is -0.358 e. The number of anilines is 1. The van der Waals surface area contributed by atoms with E-state index in [9.17, 15) is 9.59 Å². The lowest BCUT2D eigenvalue weighted by atomic mass is 10.1. The van der Waals surface area contributed by atoms with E-state index in [4.69, 9.17) is 11.6 Å². The van der Waals surface area contributed by atoms with E-state index < -0.39 is 0 Å². The summed E-state index contributed by atoms with van der Waals surface area (Å²) in [5, 5.41) is 5.59. The molecule has 0 fully saturated rings. The minimum atomic E-state index is -0.259. The standard InChI is InChI=1S/C20H17ClN4O2/c21-11-19(26)24-14-3-1-2-12(8-14)17-9-13(4-6-22-17)18-10-15-16(25-18)5-7-23-20(15)27/h1-4,6,8-10,25H,5,7,11H2,(H,23,27)(H,24,26). The van der Waals surface area contributed by atoms with E-state index >= 15 is 0 Å². The van der Waals surface area contributed by atoms with Crippen molar-refractivity contribution in [3.8, 4) is 22.5 Å². The molecule has 136 valence electrons. The smallest absolute Gasteiger partial charge is 0.253 e. The summed E-state index contributed by atoms with van der Waals surface area (Å²) in [7, 11) is 0. The van der Waals surface area contributed by atoms with Crippen molar-refractivity contribution in [3.63, 3.8) is 0 Å². The number of halogens is 1. The number of benzene rings is 1. The van der Waals surface area contributed by atoms with Gasteiger partial charge in [-0.3, -0.25) is 14.6 Å². The maximum absolute atomic E-state index is 12.0. The first kappa shape index (κ1) is 17.3. The van der Waals surface area contributed by atoms with Gasteiger partial charge in [0, 0.05) is 47.4 Å². The molecule has 4 rings (SSSR count). The van der Waals surface area contributed by atoms with Crippen molar-refractivity contribution < 1.29 is 9.59 Å². The SMILES string of the molecule is O=C(CCl)Nc1cccc(-c2cc(-c3cc4c([nH]3)CCNC4=O)ccn2)c1. The zero-order chi connectivity index (χ0) is 18.8. The molecule has 0 unspecified atom stereocenters. The van der Waals surface area contributed by atoms with E-state index in [0.717, 1.165) is 34.6 Å². The average molecular weight is 381 g/mol. The van der Waals surface area contributed by atoms with Gasteiger partial charge in [-0.25, -0.2) is 0 Å². The number of rotatable bonds is 4. The lowest BCUT2D eigenvalue weighted by molar-refractivity contribution is -0.113. The Morgan fingerprint density at radius 2 is 2.07 bits per heavy atom. The summed E-state index contributed by atoms with van der Waals surface area (Å²) in [6, 6.07) is 13.2. The highest BCUT2D eigenvalue weighted by Gasteiger charge is 2.20. The van der Waals surface area contributed by atoms with Crippen molar-refractivity contribution in [2.75, 3.05) is 17.7 Å². The number of fused-ring (bicyclic) bond motifs is 1. The molecule has 3 aromatic rings. The van der Waals surface area contributed by atoms with Crippen LogP contribution in [0.2, 0.25) is 0 Å². The van der Waals surface area contributed by atoms with Crippen LogP contribution in [-0.4, -0.2) is 34.2 Å². The highest BCUT2D eigenvalue weighted by molar-refractivity contribution is 6.29. The number of nitrogens with one attached hydrogen (secondary N) is 3. The molecule has 27 heavy (non-hydrogen) atoms. The van der Waals surface area contributed by atoms with Crippen molar-refractivity contribution in [2.24, 2.45) is 0 Å². The molecule has 0 saturated heterocycles. The molecule has 1 aliphatic rings. The first-order chi connectivity index (χ1) is 13.1. The molecule has 0 bridgehead atoms. The molecule has 3 N–H and O–H groups in total. The molecule has 7 heteroatoms. The lowest BCUT2D eigenvalue weighted by Crippen LogP contribution is -2.31. The second kappa shape index (κ2) is 7.25. The van der Waals surface area contributed by atoms with Gasteiger partial charge in [-0.05, 0) is 30.3 Å². The number of hydrogen-bond donors (Lipinski definition) is 3. The van der Waals surface area contributed by atoms with E-state index in [1.54, 1.807) is 12.3 Å². The summed E-state index contributed by atoms with van der Waals surface area (Å²) in [6.07, 6.45) is 2.52. The molecule has 0 saturated carbocycles. The van der Waals surface area contributed by atoms with Crippen molar-refractivity contribution in [1.29, 1.82) is 0 Å². The zero-order valence-corrected chi connectivity index (χ0v) is 15.1. The molecule has 1 aliphatic heterocycles. The summed E-state index contributed by atoms with van der Waals surface area (Å²) in [4.78, 5) is 31.3. The van der Waals surface area contributed by atoms with Crippen LogP contribution in [0.1, 0.15) is 16.1 Å². The fourth-order valence-corrected chi connectivity index (χ4v) is 3.22. The van der Waals surface area contributed by atoms with Crippen molar-refractivity contribution in [3.05, 3.63) is 59.9 Å². The Morgan fingerprint density at radius 1 is 1.19 bits per heavy atom. The fourth-order valence-electron chi connectivity index (χ4n) is 3.16. The van der Waals surface area contributed by atoms with Crippen LogP contribution in [0, 0.1) is 0 Å².